The minimum Gasteiger partial charge on any atom is -0.260 e. The van der Waals surface area contributed by atoms with Crippen LogP contribution in [0.5, 0.6) is 0 Å². The third-order valence-electron chi connectivity index (χ3n) is 5.47. The van der Waals surface area contributed by atoms with Crippen LogP contribution in [0.3, 0.4) is 0 Å². The highest BCUT2D eigenvalue weighted by Gasteiger charge is 2.34. The molecule has 3 rings (SSSR count). The topological polar surface area (TPSA) is 58.9 Å². The molecule has 2 aliphatic rings. The molecule has 1 aromatic carbocycles. The van der Waals surface area contributed by atoms with E-state index >= 15 is 0 Å². The average Bonchev–Trinajstić information content (AvgIpc) is 3.03. The number of sulfone groups is 1. The first-order valence-electron chi connectivity index (χ1n) is 9.36. The summed E-state index contributed by atoms with van der Waals surface area (Å²) in [6.45, 7) is 5.95. The van der Waals surface area contributed by atoms with E-state index in [4.69, 9.17) is 28.2 Å². The lowest BCUT2D eigenvalue weighted by molar-refractivity contribution is 0.342. The molecule has 0 unspecified atom stereocenters. The molecular weight excluding hydrogens is 403 g/mol. The second-order valence-corrected chi connectivity index (χ2v) is 12.2. The number of nitrogens with zero attached hydrogens (tertiary/aromatic N) is 2. The second-order valence-electron chi connectivity index (χ2n) is 8.51. The maximum atomic E-state index is 12.4. The maximum Gasteiger partial charge on any atom is 0.155 e. The summed E-state index contributed by atoms with van der Waals surface area (Å²) in [5, 5.41) is 1.15. The highest BCUT2D eigenvalue weighted by molar-refractivity contribution is 7.92. The molecule has 0 aromatic heterocycles. The van der Waals surface area contributed by atoms with Crippen molar-refractivity contribution in [2.45, 2.75) is 51.2 Å². The van der Waals surface area contributed by atoms with E-state index in [2.05, 4.69) is 4.99 Å². The van der Waals surface area contributed by atoms with Crippen LogP contribution in [0, 0.1) is 11.8 Å². The number of aliphatic imine (C=N–C) groups is 2. The zero-order valence-corrected chi connectivity index (χ0v) is 18.3. The summed E-state index contributed by atoms with van der Waals surface area (Å²) in [6.07, 6.45) is 3.80. The maximum absolute atomic E-state index is 12.4. The molecule has 0 radical (unpaired) electrons. The van der Waals surface area contributed by atoms with Gasteiger partial charge in [-0.1, -0.05) is 23.2 Å². The normalized spacial score (nSPS) is 23.9. The van der Waals surface area contributed by atoms with E-state index in [1.165, 1.54) is 0 Å². The van der Waals surface area contributed by atoms with E-state index in [-0.39, 0.29) is 5.92 Å². The van der Waals surface area contributed by atoms with E-state index in [0.717, 1.165) is 37.0 Å². The summed E-state index contributed by atoms with van der Waals surface area (Å²) in [4.78, 5) is 9.29. The molecule has 0 amide bonds. The van der Waals surface area contributed by atoms with Gasteiger partial charge in [-0.25, -0.2) is 13.4 Å². The van der Waals surface area contributed by atoms with Crippen molar-refractivity contribution >= 4 is 44.6 Å². The van der Waals surface area contributed by atoms with Crippen molar-refractivity contribution in [3.05, 3.63) is 33.8 Å². The Morgan fingerprint density at radius 1 is 1.04 bits per heavy atom. The molecule has 0 N–H and O–H groups in total. The van der Waals surface area contributed by atoms with Crippen molar-refractivity contribution in [1.29, 1.82) is 0 Å². The quantitative estimate of drug-likeness (QED) is 0.659. The Morgan fingerprint density at radius 2 is 1.63 bits per heavy atom. The van der Waals surface area contributed by atoms with Gasteiger partial charge in [-0.3, -0.25) is 4.99 Å². The Labute approximate surface area is 172 Å². The predicted octanol–water partition coefficient (Wildman–Crippen LogP) is 5.21. The molecule has 4 nitrogen and oxygen atoms in total. The van der Waals surface area contributed by atoms with E-state index in [0.29, 0.717) is 34.1 Å². The summed E-state index contributed by atoms with van der Waals surface area (Å²) < 4.78 is 24.2. The largest absolute Gasteiger partial charge is 0.260 e. The predicted molar refractivity (Wildman–Crippen MR) is 114 cm³/mol. The van der Waals surface area contributed by atoms with E-state index in [1.54, 1.807) is 26.8 Å². The van der Waals surface area contributed by atoms with Crippen molar-refractivity contribution in [3.8, 4) is 0 Å². The Morgan fingerprint density at radius 3 is 2.19 bits per heavy atom. The van der Waals surface area contributed by atoms with Crippen LogP contribution in [0.25, 0.3) is 0 Å². The fourth-order valence-electron chi connectivity index (χ4n) is 3.64. The van der Waals surface area contributed by atoms with Gasteiger partial charge >= 0.3 is 0 Å². The Balaban J connectivity index is 1.61. The summed E-state index contributed by atoms with van der Waals surface area (Å²) in [5.41, 5.74) is 1.94. The standard InChI is InChI=1S/C20H26Cl2N2O2S/c1-20(2,3)27(25,26)12-13-4-6-14(7-5-13)18-11-23-19(24-18)15-8-16(21)10-17(22)9-15/h8-10,13-14H,4-7,11-12H2,1-3H3. The fraction of sp³-hybridized carbons (Fsp3) is 0.600. The molecule has 1 fully saturated rings. The van der Waals surface area contributed by atoms with Crippen LogP contribution in [-0.2, 0) is 9.84 Å². The molecule has 0 spiro atoms. The zero-order valence-electron chi connectivity index (χ0n) is 16.0. The average molecular weight is 429 g/mol. The molecule has 148 valence electrons. The van der Waals surface area contributed by atoms with Crippen LogP contribution in [0.15, 0.2) is 28.2 Å². The van der Waals surface area contributed by atoms with Gasteiger partial charge in [0.25, 0.3) is 0 Å². The van der Waals surface area contributed by atoms with Gasteiger partial charge in [-0.05, 0) is 76.5 Å². The molecule has 0 bridgehead atoms. The minimum atomic E-state index is -3.06. The number of amidine groups is 1. The summed E-state index contributed by atoms with van der Waals surface area (Å²) >= 11 is 12.2. The monoisotopic (exact) mass is 428 g/mol. The van der Waals surface area contributed by atoms with Gasteiger partial charge in [0.05, 0.1) is 17.0 Å². The van der Waals surface area contributed by atoms with Crippen molar-refractivity contribution in [2.24, 2.45) is 21.8 Å². The third-order valence-corrected chi connectivity index (χ3v) is 8.68. The van der Waals surface area contributed by atoms with Crippen molar-refractivity contribution < 1.29 is 8.42 Å². The van der Waals surface area contributed by atoms with Crippen LogP contribution in [0.1, 0.15) is 52.0 Å². The van der Waals surface area contributed by atoms with Gasteiger partial charge < -0.3 is 0 Å². The molecule has 1 saturated carbocycles. The SMILES string of the molecule is CC(C)(C)S(=O)(=O)CC1CCC(C2=NC(c3cc(Cl)cc(Cl)c3)=NC2)CC1. The molecule has 1 aromatic rings. The summed E-state index contributed by atoms with van der Waals surface area (Å²) in [5.74, 6) is 1.61. The van der Waals surface area contributed by atoms with Gasteiger partial charge in [-0.2, -0.15) is 0 Å². The molecule has 0 saturated heterocycles. The Kier molecular flexibility index (Phi) is 6.05. The van der Waals surface area contributed by atoms with Crippen LogP contribution in [-0.4, -0.2) is 37.0 Å². The first kappa shape index (κ1) is 20.8. The van der Waals surface area contributed by atoms with Crippen molar-refractivity contribution in [1.82, 2.24) is 0 Å². The third kappa shape index (κ3) is 4.93. The molecule has 0 atom stereocenters. The van der Waals surface area contributed by atoms with Crippen LogP contribution < -0.4 is 0 Å². The summed E-state index contributed by atoms with van der Waals surface area (Å²) in [6, 6.07) is 5.35. The lowest BCUT2D eigenvalue weighted by atomic mass is 9.80. The molecule has 7 heteroatoms. The van der Waals surface area contributed by atoms with E-state index < -0.39 is 14.6 Å². The lowest BCUT2D eigenvalue weighted by Crippen LogP contribution is -2.35. The second kappa shape index (κ2) is 7.84. The molecule has 27 heavy (non-hydrogen) atoms. The fourth-order valence-corrected chi connectivity index (χ4v) is 5.62. The van der Waals surface area contributed by atoms with Crippen LogP contribution in [0.4, 0.5) is 0 Å². The number of hydrogen-bond donors (Lipinski definition) is 0. The van der Waals surface area contributed by atoms with Gasteiger partial charge in [0.1, 0.15) is 0 Å². The zero-order chi connectivity index (χ0) is 19.8. The van der Waals surface area contributed by atoms with E-state index in [1.807, 2.05) is 12.1 Å². The smallest absolute Gasteiger partial charge is 0.155 e. The molecule has 1 aliphatic carbocycles. The highest BCUT2D eigenvalue weighted by atomic mass is 35.5. The van der Waals surface area contributed by atoms with Crippen LogP contribution in [0.2, 0.25) is 10.0 Å². The summed E-state index contributed by atoms with van der Waals surface area (Å²) in [7, 11) is -3.06. The highest BCUT2D eigenvalue weighted by Crippen LogP contribution is 2.33. The van der Waals surface area contributed by atoms with Gasteiger partial charge in [-0.15, -0.1) is 0 Å². The minimum absolute atomic E-state index is 0.250. The van der Waals surface area contributed by atoms with Crippen molar-refractivity contribution in [3.63, 3.8) is 0 Å². The van der Waals surface area contributed by atoms with Gasteiger partial charge in [0.2, 0.25) is 0 Å². The lowest BCUT2D eigenvalue weighted by Gasteiger charge is -2.30. The number of benzene rings is 1. The first-order valence-corrected chi connectivity index (χ1v) is 11.8. The van der Waals surface area contributed by atoms with Crippen LogP contribution >= 0.6 is 23.2 Å². The van der Waals surface area contributed by atoms with Gasteiger partial charge in [0, 0.05) is 21.3 Å². The molecule has 1 aliphatic heterocycles. The van der Waals surface area contributed by atoms with E-state index in [9.17, 15) is 8.42 Å². The Bertz CT molecular complexity index is 857. The molecule has 1 heterocycles. The first-order chi connectivity index (χ1) is 12.5. The van der Waals surface area contributed by atoms with Crippen molar-refractivity contribution in [2.75, 3.05) is 12.3 Å². The Hall–Kier alpha value is -0.910. The number of rotatable bonds is 4. The molecular formula is C20H26Cl2N2O2S. The van der Waals surface area contributed by atoms with Gasteiger partial charge in [0.15, 0.2) is 15.7 Å². The number of halogens is 2. The number of hydrogen-bond acceptors (Lipinski definition) is 4.